The van der Waals surface area contributed by atoms with Crippen LogP contribution in [0.2, 0.25) is 0 Å². The third-order valence-electron chi connectivity index (χ3n) is 8.12. The summed E-state index contributed by atoms with van der Waals surface area (Å²) in [5.74, 6) is -1.64. The summed E-state index contributed by atoms with van der Waals surface area (Å²) in [6.07, 6.45) is -2.71. The standard InChI is InChI=1S/C27H32F5N5O/c1-15-12-19(29)23-21(15)24(34-14-33-23)36-8-10-37(11-9-36)25(38)22(20-6-7-26(2,3)35-20)17-5-4-16(13-18(17)28)27(30,31)32/h4-5,13-15,19-20,22,35H,6-12H2,1-3H3/t15-,19+,20?,22?/m1/s1. The van der Waals surface area contributed by atoms with E-state index in [4.69, 9.17) is 0 Å². The van der Waals surface area contributed by atoms with E-state index >= 15 is 4.39 Å². The van der Waals surface area contributed by atoms with Crippen molar-refractivity contribution in [3.8, 4) is 0 Å². The Labute approximate surface area is 218 Å². The highest BCUT2D eigenvalue weighted by Crippen LogP contribution is 2.45. The fourth-order valence-electron chi connectivity index (χ4n) is 6.14. The first kappa shape index (κ1) is 26.8. The minimum atomic E-state index is -4.68. The Morgan fingerprint density at radius 2 is 1.87 bits per heavy atom. The Morgan fingerprint density at radius 1 is 1.16 bits per heavy atom. The lowest BCUT2D eigenvalue weighted by atomic mass is 9.87. The van der Waals surface area contributed by atoms with Crippen molar-refractivity contribution in [2.45, 2.75) is 75.8 Å². The van der Waals surface area contributed by atoms with Crippen LogP contribution in [0.1, 0.15) is 80.4 Å². The largest absolute Gasteiger partial charge is 0.416 e. The molecular formula is C27H32F5N5O. The van der Waals surface area contributed by atoms with Gasteiger partial charge in [-0.05, 0) is 51.2 Å². The van der Waals surface area contributed by atoms with Gasteiger partial charge in [-0.3, -0.25) is 4.79 Å². The van der Waals surface area contributed by atoms with Crippen molar-refractivity contribution >= 4 is 11.7 Å². The second-order valence-electron chi connectivity index (χ2n) is 11.3. The van der Waals surface area contributed by atoms with Crippen LogP contribution < -0.4 is 10.2 Å². The fraction of sp³-hybridized carbons (Fsp3) is 0.593. The second kappa shape index (κ2) is 9.73. The maximum atomic E-state index is 15.1. The van der Waals surface area contributed by atoms with Crippen molar-refractivity contribution in [2.24, 2.45) is 0 Å². The zero-order chi connectivity index (χ0) is 27.4. The number of nitrogens with one attached hydrogen (secondary N) is 1. The number of carbonyl (C=O) groups excluding carboxylic acids is 1. The van der Waals surface area contributed by atoms with Gasteiger partial charge in [-0.2, -0.15) is 13.2 Å². The molecule has 206 valence electrons. The van der Waals surface area contributed by atoms with E-state index in [9.17, 15) is 22.4 Å². The maximum absolute atomic E-state index is 15.1. The van der Waals surface area contributed by atoms with Gasteiger partial charge >= 0.3 is 6.18 Å². The van der Waals surface area contributed by atoms with E-state index in [1.54, 1.807) is 4.90 Å². The molecule has 3 aliphatic rings. The molecule has 11 heteroatoms. The lowest BCUT2D eigenvalue weighted by molar-refractivity contribution is -0.137. The van der Waals surface area contributed by atoms with Crippen molar-refractivity contribution in [2.75, 3.05) is 31.1 Å². The highest BCUT2D eigenvalue weighted by atomic mass is 19.4. The molecule has 4 atom stereocenters. The quantitative estimate of drug-likeness (QED) is 0.549. The number of nitrogens with zero attached hydrogens (tertiary/aromatic N) is 4. The average molecular weight is 538 g/mol. The van der Waals surface area contributed by atoms with Crippen molar-refractivity contribution in [1.29, 1.82) is 0 Å². The number of fused-ring (bicyclic) bond motifs is 1. The number of hydrogen-bond donors (Lipinski definition) is 1. The van der Waals surface area contributed by atoms with Gasteiger partial charge in [0.05, 0.1) is 17.2 Å². The maximum Gasteiger partial charge on any atom is 0.416 e. The topological polar surface area (TPSA) is 61.4 Å². The van der Waals surface area contributed by atoms with Gasteiger partial charge < -0.3 is 15.1 Å². The predicted molar refractivity (Wildman–Crippen MR) is 132 cm³/mol. The number of hydrogen-bond acceptors (Lipinski definition) is 5. The highest BCUT2D eigenvalue weighted by Gasteiger charge is 2.43. The van der Waals surface area contributed by atoms with E-state index in [-0.39, 0.29) is 22.9 Å². The van der Waals surface area contributed by atoms with Crippen LogP contribution in [0.15, 0.2) is 24.5 Å². The molecule has 0 bridgehead atoms. The Hall–Kier alpha value is -2.82. The Morgan fingerprint density at radius 3 is 2.47 bits per heavy atom. The summed E-state index contributed by atoms with van der Waals surface area (Å²) in [6.45, 7) is 7.48. The number of piperazine rings is 1. The van der Waals surface area contributed by atoms with Gasteiger partial charge in [0.2, 0.25) is 5.91 Å². The lowest BCUT2D eigenvalue weighted by Gasteiger charge is -2.39. The third kappa shape index (κ3) is 4.97. The monoisotopic (exact) mass is 537 g/mol. The Balaban J connectivity index is 1.38. The summed E-state index contributed by atoms with van der Waals surface area (Å²) in [4.78, 5) is 26.1. The molecule has 3 heterocycles. The molecule has 1 aliphatic carbocycles. The normalized spacial score (nSPS) is 25.9. The molecule has 0 spiro atoms. The minimum Gasteiger partial charge on any atom is -0.353 e. The van der Waals surface area contributed by atoms with Gasteiger partial charge in [0, 0.05) is 48.9 Å². The zero-order valence-electron chi connectivity index (χ0n) is 21.7. The fourth-order valence-corrected chi connectivity index (χ4v) is 6.14. The number of benzene rings is 1. The van der Waals surface area contributed by atoms with E-state index in [1.807, 2.05) is 25.7 Å². The number of halogens is 5. The van der Waals surface area contributed by atoms with E-state index in [0.717, 1.165) is 24.1 Å². The Bertz CT molecular complexity index is 1210. The molecule has 0 radical (unpaired) electrons. The molecule has 1 amide bonds. The molecule has 2 aromatic rings. The SMILES string of the molecule is C[C@@H]1C[C@H](F)c2ncnc(N3CCN(C(=O)C(c4ccc(C(F)(F)F)cc4F)C4CCC(C)(C)N4)CC3)c21. The molecular weight excluding hydrogens is 505 g/mol. The average Bonchev–Trinajstić information content (AvgIpc) is 3.37. The second-order valence-corrected chi connectivity index (χ2v) is 11.3. The predicted octanol–water partition coefficient (Wildman–Crippen LogP) is 5.12. The summed E-state index contributed by atoms with van der Waals surface area (Å²) < 4.78 is 69.0. The highest BCUT2D eigenvalue weighted by molar-refractivity contribution is 5.85. The summed E-state index contributed by atoms with van der Waals surface area (Å²) in [6, 6.07) is 2.01. The molecule has 1 N–H and O–H groups in total. The van der Waals surface area contributed by atoms with Gasteiger partial charge in [0.1, 0.15) is 24.1 Å². The minimum absolute atomic E-state index is 0.0142. The number of rotatable bonds is 4. The summed E-state index contributed by atoms with van der Waals surface area (Å²) in [5.41, 5.74) is -0.157. The summed E-state index contributed by atoms with van der Waals surface area (Å²) in [7, 11) is 0. The zero-order valence-corrected chi connectivity index (χ0v) is 21.7. The van der Waals surface area contributed by atoms with Gasteiger partial charge in [0.15, 0.2) is 0 Å². The summed E-state index contributed by atoms with van der Waals surface area (Å²) >= 11 is 0. The molecule has 2 saturated heterocycles. The molecule has 5 rings (SSSR count). The molecule has 38 heavy (non-hydrogen) atoms. The van der Waals surface area contributed by atoms with E-state index in [2.05, 4.69) is 15.3 Å². The number of carbonyl (C=O) groups is 1. The van der Waals surface area contributed by atoms with Crippen LogP contribution in [0.4, 0.5) is 27.8 Å². The van der Waals surface area contributed by atoms with Crippen LogP contribution in [0.3, 0.4) is 0 Å². The van der Waals surface area contributed by atoms with Gasteiger partial charge in [-0.1, -0.05) is 13.0 Å². The summed E-state index contributed by atoms with van der Waals surface area (Å²) in [5, 5.41) is 3.39. The lowest BCUT2D eigenvalue weighted by Crippen LogP contribution is -2.53. The number of alkyl halides is 4. The van der Waals surface area contributed by atoms with Crippen molar-refractivity contribution in [3.63, 3.8) is 0 Å². The van der Waals surface area contributed by atoms with Crippen LogP contribution >= 0.6 is 0 Å². The Kier molecular flexibility index (Phi) is 6.86. The van der Waals surface area contributed by atoms with Crippen LogP contribution in [-0.4, -0.2) is 58.5 Å². The molecule has 1 aromatic carbocycles. The first-order valence-electron chi connectivity index (χ1n) is 13.0. The molecule has 1 aromatic heterocycles. The van der Waals surface area contributed by atoms with E-state index < -0.39 is 35.7 Å². The van der Waals surface area contributed by atoms with Crippen LogP contribution in [0, 0.1) is 5.82 Å². The molecule has 0 saturated carbocycles. The van der Waals surface area contributed by atoms with Gasteiger partial charge in [0.25, 0.3) is 0 Å². The third-order valence-corrected chi connectivity index (χ3v) is 8.12. The first-order valence-corrected chi connectivity index (χ1v) is 13.0. The van der Waals surface area contributed by atoms with Crippen molar-refractivity contribution in [3.05, 3.63) is 52.7 Å². The number of aromatic nitrogens is 2. The van der Waals surface area contributed by atoms with Gasteiger partial charge in [-0.25, -0.2) is 18.7 Å². The van der Waals surface area contributed by atoms with Gasteiger partial charge in [-0.15, -0.1) is 0 Å². The molecule has 2 aliphatic heterocycles. The molecule has 2 unspecified atom stereocenters. The van der Waals surface area contributed by atoms with Crippen LogP contribution in [0.25, 0.3) is 0 Å². The van der Waals surface area contributed by atoms with Crippen LogP contribution in [0.5, 0.6) is 0 Å². The molecule has 2 fully saturated rings. The smallest absolute Gasteiger partial charge is 0.353 e. The number of amides is 1. The van der Waals surface area contributed by atoms with E-state index in [0.29, 0.717) is 56.6 Å². The molecule has 6 nitrogen and oxygen atoms in total. The van der Waals surface area contributed by atoms with Crippen molar-refractivity contribution < 1.29 is 26.7 Å². The first-order chi connectivity index (χ1) is 17.9. The van der Waals surface area contributed by atoms with Crippen molar-refractivity contribution in [1.82, 2.24) is 20.2 Å². The number of anilines is 1. The van der Waals surface area contributed by atoms with Crippen LogP contribution in [-0.2, 0) is 11.0 Å². The van der Waals surface area contributed by atoms with E-state index in [1.165, 1.54) is 6.33 Å².